The first-order valence-electron chi connectivity index (χ1n) is 3.78. The van der Waals surface area contributed by atoms with Gasteiger partial charge in [0.1, 0.15) is 6.26 Å². The lowest BCUT2D eigenvalue weighted by atomic mass is 10.8. The molecule has 0 aromatic carbocycles. The summed E-state index contributed by atoms with van der Waals surface area (Å²) in [7, 11) is -3.72. The number of nitrogens with one attached hydrogen (secondary N) is 1. The van der Waals surface area contributed by atoms with Crippen LogP contribution in [0, 0.1) is 0 Å². The second-order valence-electron chi connectivity index (χ2n) is 2.86. The summed E-state index contributed by atoms with van der Waals surface area (Å²) in [6.07, 6.45) is 3.76. The summed E-state index contributed by atoms with van der Waals surface area (Å²) >= 11 is 0. The minimum absolute atomic E-state index is 0.0215. The van der Waals surface area contributed by atoms with Crippen LogP contribution in [0.15, 0.2) is 21.7 Å². The Kier molecular flexibility index (Phi) is 1.77. The molecule has 0 spiro atoms. The molecule has 0 bridgehead atoms. The zero-order valence-corrected chi connectivity index (χ0v) is 7.45. The Hall–Kier alpha value is -1.08. The van der Waals surface area contributed by atoms with E-state index in [4.69, 9.17) is 0 Å². The van der Waals surface area contributed by atoms with Gasteiger partial charge in [-0.25, -0.2) is 4.79 Å². The second-order valence-corrected chi connectivity index (χ2v) is 4.44. The van der Waals surface area contributed by atoms with Crippen LogP contribution in [-0.4, -0.2) is 18.4 Å². The van der Waals surface area contributed by atoms with E-state index < -0.39 is 16.0 Å². The standard InChI is InChI=1S/C6H8N2O4S/c9-6-8(3-4-12-6)13(10,11)7-5-1-2-5/h3-5,7H,1-2H2. The van der Waals surface area contributed by atoms with Crippen molar-refractivity contribution in [2.75, 3.05) is 0 Å². The van der Waals surface area contributed by atoms with Crippen LogP contribution < -0.4 is 10.5 Å². The van der Waals surface area contributed by atoms with Crippen LogP contribution in [0.2, 0.25) is 0 Å². The smallest absolute Gasteiger partial charge is 0.416 e. The molecule has 6 nitrogen and oxygen atoms in total. The largest absolute Gasteiger partial charge is 0.433 e. The highest BCUT2D eigenvalue weighted by atomic mass is 32.2. The summed E-state index contributed by atoms with van der Waals surface area (Å²) in [5, 5.41) is 0. The molecular formula is C6H8N2O4S. The van der Waals surface area contributed by atoms with Crippen molar-refractivity contribution in [3.8, 4) is 0 Å². The minimum Gasteiger partial charge on any atom is -0.416 e. The summed E-state index contributed by atoms with van der Waals surface area (Å²) in [5.41, 5.74) is 0. The Labute approximate surface area is 74.4 Å². The lowest BCUT2D eigenvalue weighted by Crippen LogP contribution is -2.36. The molecule has 72 valence electrons. The molecule has 1 aliphatic rings. The van der Waals surface area contributed by atoms with Crippen LogP contribution in [-0.2, 0) is 10.2 Å². The van der Waals surface area contributed by atoms with Crippen molar-refractivity contribution in [3.05, 3.63) is 23.0 Å². The van der Waals surface area contributed by atoms with Crippen LogP contribution in [0.3, 0.4) is 0 Å². The molecule has 1 aromatic heterocycles. The van der Waals surface area contributed by atoms with Gasteiger partial charge in [-0.15, -0.1) is 0 Å². The summed E-state index contributed by atoms with van der Waals surface area (Å²) in [4.78, 5) is 10.8. The van der Waals surface area contributed by atoms with Gasteiger partial charge in [0.15, 0.2) is 0 Å². The fourth-order valence-electron chi connectivity index (χ4n) is 0.904. The maximum Gasteiger partial charge on any atom is 0.433 e. The van der Waals surface area contributed by atoms with Gasteiger partial charge in [0.25, 0.3) is 0 Å². The average Bonchev–Trinajstić information content (AvgIpc) is 2.69. The predicted molar refractivity (Wildman–Crippen MR) is 43.4 cm³/mol. The average molecular weight is 204 g/mol. The van der Waals surface area contributed by atoms with Crippen LogP contribution >= 0.6 is 0 Å². The monoisotopic (exact) mass is 204 g/mol. The summed E-state index contributed by atoms with van der Waals surface area (Å²) in [6, 6.07) is -0.0215. The number of nitrogens with zero attached hydrogens (tertiary/aromatic N) is 1. The maximum absolute atomic E-state index is 11.4. The first-order chi connectivity index (χ1) is 6.09. The lowest BCUT2D eigenvalue weighted by molar-refractivity contribution is 0.500. The molecule has 1 aromatic rings. The molecule has 0 saturated heterocycles. The van der Waals surface area contributed by atoms with Crippen molar-refractivity contribution >= 4 is 10.2 Å². The number of hydrogen-bond acceptors (Lipinski definition) is 4. The first kappa shape index (κ1) is 8.52. The molecule has 1 fully saturated rings. The lowest BCUT2D eigenvalue weighted by Gasteiger charge is -2.02. The summed E-state index contributed by atoms with van der Waals surface area (Å²) < 4.78 is 29.9. The van der Waals surface area contributed by atoms with E-state index in [1.165, 1.54) is 0 Å². The van der Waals surface area contributed by atoms with Gasteiger partial charge in [0, 0.05) is 6.04 Å². The van der Waals surface area contributed by atoms with E-state index in [9.17, 15) is 13.2 Å². The number of oxazole rings is 1. The van der Waals surface area contributed by atoms with Crippen molar-refractivity contribution in [2.24, 2.45) is 0 Å². The zero-order chi connectivity index (χ0) is 9.47. The molecule has 1 saturated carbocycles. The molecule has 1 aliphatic carbocycles. The Morgan fingerprint density at radius 2 is 2.23 bits per heavy atom. The highest BCUT2D eigenvalue weighted by molar-refractivity contribution is 7.87. The molecular weight excluding hydrogens is 196 g/mol. The van der Waals surface area contributed by atoms with Crippen molar-refractivity contribution in [2.45, 2.75) is 18.9 Å². The van der Waals surface area contributed by atoms with E-state index in [1.807, 2.05) is 0 Å². The van der Waals surface area contributed by atoms with Crippen LogP contribution in [0.5, 0.6) is 0 Å². The van der Waals surface area contributed by atoms with Gasteiger partial charge in [-0.2, -0.15) is 17.1 Å². The number of hydrogen-bond donors (Lipinski definition) is 1. The molecule has 1 N–H and O–H groups in total. The maximum atomic E-state index is 11.4. The van der Waals surface area contributed by atoms with Gasteiger partial charge in [0.2, 0.25) is 0 Å². The number of rotatable bonds is 3. The van der Waals surface area contributed by atoms with Crippen molar-refractivity contribution in [3.63, 3.8) is 0 Å². The third kappa shape index (κ3) is 1.65. The Morgan fingerprint density at radius 1 is 1.54 bits per heavy atom. The van der Waals surface area contributed by atoms with Crippen LogP contribution in [0.25, 0.3) is 0 Å². The number of aromatic nitrogens is 1. The van der Waals surface area contributed by atoms with E-state index in [0.717, 1.165) is 25.3 Å². The molecule has 0 amide bonds. The van der Waals surface area contributed by atoms with E-state index >= 15 is 0 Å². The topological polar surface area (TPSA) is 81.3 Å². The molecule has 0 aliphatic heterocycles. The molecule has 0 unspecified atom stereocenters. The molecule has 0 atom stereocenters. The van der Waals surface area contributed by atoms with Gasteiger partial charge in [-0.05, 0) is 12.8 Å². The third-order valence-electron chi connectivity index (χ3n) is 1.70. The van der Waals surface area contributed by atoms with Gasteiger partial charge in [-0.3, -0.25) is 0 Å². The molecule has 1 heterocycles. The molecule has 13 heavy (non-hydrogen) atoms. The van der Waals surface area contributed by atoms with Crippen LogP contribution in [0.1, 0.15) is 12.8 Å². The van der Waals surface area contributed by atoms with Gasteiger partial charge in [0.05, 0.1) is 6.20 Å². The highest BCUT2D eigenvalue weighted by Crippen LogP contribution is 2.19. The van der Waals surface area contributed by atoms with E-state index in [1.54, 1.807) is 0 Å². The fraction of sp³-hybridized carbons (Fsp3) is 0.500. The fourth-order valence-corrected chi connectivity index (χ4v) is 2.12. The van der Waals surface area contributed by atoms with E-state index in [2.05, 4.69) is 9.14 Å². The van der Waals surface area contributed by atoms with E-state index in [-0.39, 0.29) is 6.04 Å². The normalized spacial score (nSPS) is 17.5. The Morgan fingerprint density at radius 3 is 2.69 bits per heavy atom. The molecule has 2 rings (SSSR count). The SMILES string of the molecule is O=c1occn1S(=O)(=O)NC1CC1. The second kappa shape index (κ2) is 2.71. The van der Waals surface area contributed by atoms with Crippen molar-refractivity contribution in [1.29, 1.82) is 0 Å². The van der Waals surface area contributed by atoms with Crippen molar-refractivity contribution in [1.82, 2.24) is 8.69 Å². The molecule has 0 radical (unpaired) electrons. The van der Waals surface area contributed by atoms with Crippen LogP contribution in [0.4, 0.5) is 0 Å². The highest BCUT2D eigenvalue weighted by Gasteiger charge is 2.28. The first-order valence-corrected chi connectivity index (χ1v) is 5.22. The van der Waals surface area contributed by atoms with E-state index in [0.29, 0.717) is 3.97 Å². The predicted octanol–water partition coefficient (Wildman–Crippen LogP) is -0.714. The Balaban J connectivity index is 2.33. The summed E-state index contributed by atoms with van der Waals surface area (Å²) in [5.74, 6) is -0.895. The zero-order valence-electron chi connectivity index (χ0n) is 6.63. The quantitative estimate of drug-likeness (QED) is 0.705. The van der Waals surface area contributed by atoms with Gasteiger partial charge in [-0.1, -0.05) is 0 Å². The van der Waals surface area contributed by atoms with Gasteiger partial charge >= 0.3 is 16.0 Å². The summed E-state index contributed by atoms with van der Waals surface area (Å²) in [6.45, 7) is 0. The van der Waals surface area contributed by atoms with Crippen molar-refractivity contribution < 1.29 is 12.8 Å². The van der Waals surface area contributed by atoms with Gasteiger partial charge < -0.3 is 4.42 Å². The molecule has 7 heteroatoms. The third-order valence-corrected chi connectivity index (χ3v) is 3.12. The Bertz CT molecular complexity index is 453. The minimum atomic E-state index is -3.72.